The van der Waals surface area contributed by atoms with Gasteiger partial charge in [0, 0.05) is 32.0 Å². The Morgan fingerprint density at radius 1 is 1.64 bits per heavy atom. The fourth-order valence-corrected chi connectivity index (χ4v) is 1.95. The van der Waals surface area contributed by atoms with Crippen molar-refractivity contribution >= 4 is 5.95 Å². The van der Waals surface area contributed by atoms with Crippen LogP contribution in [0.3, 0.4) is 0 Å². The van der Waals surface area contributed by atoms with E-state index in [2.05, 4.69) is 21.4 Å². The van der Waals surface area contributed by atoms with Gasteiger partial charge in [-0.25, -0.2) is 4.98 Å². The molecule has 14 heavy (non-hydrogen) atoms. The van der Waals surface area contributed by atoms with Crippen LogP contribution in [0.5, 0.6) is 0 Å². The molecule has 1 aromatic rings. The maximum absolute atomic E-state index is 9.85. The maximum Gasteiger partial charge on any atom is 0.205 e. The predicted octanol–water partition coefficient (Wildman–Crippen LogP) is 0.864. The Kier molecular flexibility index (Phi) is 2.23. The summed E-state index contributed by atoms with van der Waals surface area (Å²) in [6, 6.07) is 0. The first-order chi connectivity index (χ1) is 6.62. The number of anilines is 1. The minimum atomic E-state index is -0.551. The second kappa shape index (κ2) is 3.28. The van der Waals surface area contributed by atoms with Crippen LogP contribution < -0.4 is 4.90 Å². The topological polar surface area (TPSA) is 41.3 Å². The van der Waals surface area contributed by atoms with Gasteiger partial charge in [-0.15, -0.1) is 0 Å². The average molecular weight is 195 g/mol. The Hall–Kier alpha value is -1.03. The molecule has 4 heteroatoms. The first-order valence-electron chi connectivity index (χ1n) is 5.11. The fourth-order valence-electron chi connectivity index (χ4n) is 1.95. The van der Waals surface area contributed by atoms with E-state index in [9.17, 15) is 5.11 Å². The van der Waals surface area contributed by atoms with Gasteiger partial charge in [-0.3, -0.25) is 0 Å². The molecule has 1 unspecified atom stereocenters. The lowest BCUT2D eigenvalue weighted by Gasteiger charge is -2.20. The highest BCUT2D eigenvalue weighted by Gasteiger charge is 2.32. The summed E-state index contributed by atoms with van der Waals surface area (Å²) in [7, 11) is 0. The van der Waals surface area contributed by atoms with Crippen LogP contribution in [0.25, 0.3) is 0 Å². The Morgan fingerprint density at radius 2 is 2.43 bits per heavy atom. The molecule has 2 rings (SSSR count). The molecule has 1 aliphatic rings. The number of aromatic nitrogens is 2. The smallest absolute Gasteiger partial charge is 0.205 e. The number of β-amino-alcohol motifs (C(OH)–C–C–N with tert-alkyl or cyclic N) is 1. The van der Waals surface area contributed by atoms with Gasteiger partial charge in [-0.1, -0.05) is 0 Å². The SMILES string of the molecule is CCn1ccnc1N1CCC(C)(O)C1. The van der Waals surface area contributed by atoms with Crippen LogP contribution in [0.1, 0.15) is 20.3 Å². The first-order valence-corrected chi connectivity index (χ1v) is 5.11. The van der Waals surface area contributed by atoms with E-state index in [4.69, 9.17) is 0 Å². The van der Waals surface area contributed by atoms with Gasteiger partial charge in [-0.05, 0) is 20.3 Å². The molecule has 1 aromatic heterocycles. The van der Waals surface area contributed by atoms with E-state index >= 15 is 0 Å². The second-order valence-corrected chi connectivity index (χ2v) is 4.18. The fraction of sp³-hybridized carbons (Fsp3) is 0.700. The van der Waals surface area contributed by atoms with Crippen LogP contribution in [0.2, 0.25) is 0 Å². The highest BCUT2D eigenvalue weighted by Crippen LogP contribution is 2.24. The minimum Gasteiger partial charge on any atom is -0.388 e. The molecule has 0 radical (unpaired) electrons. The number of imidazole rings is 1. The van der Waals surface area contributed by atoms with Crippen LogP contribution in [0.4, 0.5) is 5.95 Å². The third-order valence-corrected chi connectivity index (χ3v) is 2.77. The zero-order chi connectivity index (χ0) is 10.2. The number of aryl methyl sites for hydroxylation is 1. The summed E-state index contributed by atoms with van der Waals surface area (Å²) in [5.74, 6) is 0.977. The normalized spacial score (nSPS) is 27.2. The molecule has 1 atom stereocenters. The predicted molar refractivity (Wildman–Crippen MR) is 55.4 cm³/mol. The number of hydrogen-bond acceptors (Lipinski definition) is 3. The zero-order valence-electron chi connectivity index (χ0n) is 8.77. The van der Waals surface area contributed by atoms with Gasteiger partial charge in [0.2, 0.25) is 5.95 Å². The molecule has 0 bridgehead atoms. The van der Waals surface area contributed by atoms with Crippen LogP contribution in [-0.2, 0) is 6.54 Å². The number of rotatable bonds is 2. The van der Waals surface area contributed by atoms with Crippen LogP contribution in [-0.4, -0.2) is 33.3 Å². The highest BCUT2D eigenvalue weighted by atomic mass is 16.3. The second-order valence-electron chi connectivity index (χ2n) is 4.18. The van der Waals surface area contributed by atoms with Gasteiger partial charge in [0.25, 0.3) is 0 Å². The highest BCUT2D eigenvalue weighted by molar-refractivity contribution is 5.34. The number of aliphatic hydroxyl groups is 1. The maximum atomic E-state index is 9.85. The van der Waals surface area contributed by atoms with Gasteiger partial charge in [0.05, 0.1) is 5.60 Å². The summed E-state index contributed by atoms with van der Waals surface area (Å²) in [4.78, 5) is 6.45. The van der Waals surface area contributed by atoms with Crippen molar-refractivity contribution in [3.63, 3.8) is 0 Å². The Balaban J connectivity index is 2.17. The summed E-state index contributed by atoms with van der Waals surface area (Å²) in [5, 5.41) is 9.85. The Bertz CT molecular complexity index is 319. The van der Waals surface area contributed by atoms with Crippen molar-refractivity contribution in [2.75, 3.05) is 18.0 Å². The molecular formula is C10H17N3O. The van der Waals surface area contributed by atoms with Gasteiger partial charge < -0.3 is 14.6 Å². The molecule has 0 aromatic carbocycles. The van der Waals surface area contributed by atoms with E-state index in [1.54, 1.807) is 0 Å². The minimum absolute atomic E-state index is 0.551. The van der Waals surface area contributed by atoms with E-state index in [-0.39, 0.29) is 0 Å². The van der Waals surface area contributed by atoms with Gasteiger partial charge in [-0.2, -0.15) is 0 Å². The molecule has 1 fully saturated rings. The van der Waals surface area contributed by atoms with Crippen molar-refractivity contribution in [2.45, 2.75) is 32.4 Å². The lowest BCUT2D eigenvalue weighted by Crippen LogP contribution is -2.31. The van der Waals surface area contributed by atoms with E-state index in [1.165, 1.54) is 0 Å². The quantitative estimate of drug-likeness (QED) is 0.761. The van der Waals surface area contributed by atoms with Crippen LogP contribution >= 0.6 is 0 Å². The number of hydrogen-bond donors (Lipinski definition) is 1. The third-order valence-electron chi connectivity index (χ3n) is 2.77. The number of nitrogens with zero attached hydrogens (tertiary/aromatic N) is 3. The lowest BCUT2D eigenvalue weighted by molar-refractivity contribution is 0.0838. The molecule has 1 aliphatic heterocycles. The molecule has 1 saturated heterocycles. The molecule has 2 heterocycles. The zero-order valence-corrected chi connectivity index (χ0v) is 8.77. The van der Waals surface area contributed by atoms with Crippen molar-refractivity contribution < 1.29 is 5.11 Å². The van der Waals surface area contributed by atoms with E-state index < -0.39 is 5.60 Å². The monoisotopic (exact) mass is 195 g/mol. The molecule has 0 aliphatic carbocycles. The molecule has 1 N–H and O–H groups in total. The van der Waals surface area contributed by atoms with Crippen molar-refractivity contribution in [3.05, 3.63) is 12.4 Å². The summed E-state index contributed by atoms with van der Waals surface area (Å²) < 4.78 is 2.10. The molecule has 78 valence electrons. The van der Waals surface area contributed by atoms with Crippen molar-refractivity contribution in [1.29, 1.82) is 0 Å². The molecule has 0 saturated carbocycles. The van der Waals surface area contributed by atoms with E-state index in [0.29, 0.717) is 6.54 Å². The standard InChI is InChI=1S/C10H17N3O/c1-3-12-7-5-11-9(12)13-6-4-10(2,14)8-13/h5,7,14H,3-4,6,8H2,1-2H3. The summed E-state index contributed by atoms with van der Waals surface area (Å²) in [5.41, 5.74) is -0.551. The van der Waals surface area contributed by atoms with Crippen molar-refractivity contribution in [3.8, 4) is 0 Å². The Labute approximate surface area is 84.2 Å². The summed E-state index contributed by atoms with van der Waals surface area (Å²) in [6.45, 7) is 6.48. The van der Waals surface area contributed by atoms with E-state index in [0.717, 1.165) is 25.5 Å². The molecule has 4 nitrogen and oxygen atoms in total. The largest absolute Gasteiger partial charge is 0.388 e. The molecular weight excluding hydrogens is 178 g/mol. The molecule has 0 spiro atoms. The van der Waals surface area contributed by atoms with Gasteiger partial charge >= 0.3 is 0 Å². The van der Waals surface area contributed by atoms with Gasteiger partial charge in [0.15, 0.2) is 0 Å². The van der Waals surface area contributed by atoms with E-state index in [1.807, 2.05) is 19.3 Å². The molecule has 0 amide bonds. The van der Waals surface area contributed by atoms with Gasteiger partial charge in [0.1, 0.15) is 0 Å². The summed E-state index contributed by atoms with van der Waals surface area (Å²) in [6.07, 6.45) is 4.61. The first kappa shape index (κ1) is 9.52. The third kappa shape index (κ3) is 1.62. The summed E-state index contributed by atoms with van der Waals surface area (Å²) >= 11 is 0. The van der Waals surface area contributed by atoms with Crippen molar-refractivity contribution in [2.24, 2.45) is 0 Å². The lowest BCUT2D eigenvalue weighted by atomic mass is 10.1. The van der Waals surface area contributed by atoms with Crippen molar-refractivity contribution in [1.82, 2.24) is 9.55 Å². The average Bonchev–Trinajstić information content (AvgIpc) is 2.70. The van der Waals surface area contributed by atoms with Crippen LogP contribution in [0.15, 0.2) is 12.4 Å². The van der Waals surface area contributed by atoms with Crippen LogP contribution in [0, 0.1) is 0 Å². The Morgan fingerprint density at radius 3 is 3.00 bits per heavy atom.